The van der Waals surface area contributed by atoms with Crippen molar-refractivity contribution >= 4 is 15.5 Å². The van der Waals surface area contributed by atoms with E-state index >= 15 is 0 Å². The van der Waals surface area contributed by atoms with Crippen LogP contribution in [0.15, 0.2) is 18.2 Å². The summed E-state index contributed by atoms with van der Waals surface area (Å²) < 4.78 is 32.2. The van der Waals surface area contributed by atoms with E-state index in [-0.39, 0.29) is 5.75 Å². The quantitative estimate of drug-likeness (QED) is 0.611. The van der Waals surface area contributed by atoms with Gasteiger partial charge in [-0.25, -0.2) is 8.42 Å². The molecule has 0 unspecified atom stereocenters. The SMILES string of the molecule is COc1ccc(OCCCS(C)(=O)=O)cc1N. The fourth-order valence-electron chi connectivity index (χ4n) is 1.31. The molecule has 2 N–H and O–H groups in total. The van der Waals surface area contributed by atoms with Crippen LogP contribution >= 0.6 is 0 Å². The van der Waals surface area contributed by atoms with Crippen LogP contribution in [0.5, 0.6) is 11.5 Å². The molecule has 0 spiro atoms. The summed E-state index contributed by atoms with van der Waals surface area (Å²) in [5.41, 5.74) is 6.20. The van der Waals surface area contributed by atoms with Gasteiger partial charge in [-0.15, -0.1) is 0 Å². The third-order valence-corrected chi connectivity index (χ3v) is 3.16. The molecule has 0 bridgehead atoms. The second kappa shape index (κ2) is 5.77. The Morgan fingerprint density at radius 1 is 1.35 bits per heavy atom. The van der Waals surface area contributed by atoms with Gasteiger partial charge in [0.05, 0.1) is 25.2 Å². The van der Waals surface area contributed by atoms with Crippen LogP contribution in [0.3, 0.4) is 0 Å². The second-order valence-electron chi connectivity index (χ2n) is 3.74. The number of anilines is 1. The number of rotatable bonds is 6. The van der Waals surface area contributed by atoms with Crippen LogP contribution < -0.4 is 15.2 Å². The minimum Gasteiger partial charge on any atom is -0.495 e. The molecule has 0 atom stereocenters. The topological polar surface area (TPSA) is 78.6 Å². The second-order valence-corrected chi connectivity index (χ2v) is 6.00. The largest absolute Gasteiger partial charge is 0.495 e. The smallest absolute Gasteiger partial charge is 0.147 e. The van der Waals surface area contributed by atoms with Gasteiger partial charge in [0, 0.05) is 12.3 Å². The Labute approximate surface area is 101 Å². The molecule has 0 aliphatic rings. The van der Waals surface area contributed by atoms with Gasteiger partial charge in [-0.05, 0) is 18.6 Å². The highest BCUT2D eigenvalue weighted by Crippen LogP contribution is 2.25. The lowest BCUT2D eigenvalue weighted by molar-refractivity contribution is 0.317. The fraction of sp³-hybridized carbons (Fsp3) is 0.455. The van der Waals surface area contributed by atoms with Crippen LogP contribution in [0, 0.1) is 0 Å². The number of methoxy groups -OCH3 is 1. The summed E-state index contributed by atoms with van der Waals surface area (Å²) in [4.78, 5) is 0. The van der Waals surface area contributed by atoms with Crippen molar-refractivity contribution < 1.29 is 17.9 Å². The van der Waals surface area contributed by atoms with Crippen molar-refractivity contribution in [3.63, 3.8) is 0 Å². The first-order chi connectivity index (χ1) is 7.92. The van der Waals surface area contributed by atoms with Crippen LogP contribution in [-0.2, 0) is 9.84 Å². The van der Waals surface area contributed by atoms with Crippen molar-refractivity contribution in [1.29, 1.82) is 0 Å². The third-order valence-electron chi connectivity index (χ3n) is 2.13. The number of ether oxygens (including phenoxy) is 2. The van der Waals surface area contributed by atoms with Gasteiger partial charge >= 0.3 is 0 Å². The molecule has 0 radical (unpaired) electrons. The first-order valence-electron chi connectivity index (χ1n) is 5.16. The van der Waals surface area contributed by atoms with E-state index in [1.807, 2.05) is 0 Å². The van der Waals surface area contributed by atoms with Crippen LogP contribution in [0.4, 0.5) is 5.69 Å². The Kier molecular flexibility index (Phi) is 4.62. The summed E-state index contributed by atoms with van der Waals surface area (Å²) in [5, 5.41) is 0. The molecule has 6 heteroatoms. The Hall–Kier alpha value is -1.43. The Balaban J connectivity index is 2.45. The maximum atomic E-state index is 10.9. The molecule has 0 aromatic heterocycles. The molecule has 17 heavy (non-hydrogen) atoms. The molecule has 0 aliphatic heterocycles. The summed E-state index contributed by atoms with van der Waals surface area (Å²) in [6.07, 6.45) is 1.67. The maximum absolute atomic E-state index is 10.9. The fourth-order valence-corrected chi connectivity index (χ4v) is 1.96. The van der Waals surface area contributed by atoms with Crippen molar-refractivity contribution in [2.24, 2.45) is 0 Å². The minimum absolute atomic E-state index is 0.124. The molecule has 5 nitrogen and oxygen atoms in total. The lowest BCUT2D eigenvalue weighted by Gasteiger charge is -2.08. The molecule has 0 saturated heterocycles. The van der Waals surface area contributed by atoms with E-state index in [0.717, 1.165) is 0 Å². The number of benzene rings is 1. The number of nitrogen functional groups attached to an aromatic ring is 1. The summed E-state index contributed by atoms with van der Waals surface area (Å²) in [6.45, 7) is 0.346. The maximum Gasteiger partial charge on any atom is 0.147 e. The highest BCUT2D eigenvalue weighted by atomic mass is 32.2. The van der Waals surface area contributed by atoms with Gasteiger partial charge in [0.25, 0.3) is 0 Å². The normalized spacial score (nSPS) is 11.2. The van der Waals surface area contributed by atoms with Crippen molar-refractivity contribution in [1.82, 2.24) is 0 Å². The third kappa shape index (κ3) is 4.95. The molecule has 1 aromatic carbocycles. The monoisotopic (exact) mass is 259 g/mol. The molecule has 96 valence electrons. The van der Waals surface area contributed by atoms with Gasteiger partial charge in [-0.3, -0.25) is 0 Å². The van der Waals surface area contributed by atoms with Gasteiger partial charge in [-0.1, -0.05) is 0 Å². The molecular formula is C11H17NO4S. The summed E-state index contributed by atoms with van der Waals surface area (Å²) in [5.74, 6) is 1.32. The van der Waals surface area contributed by atoms with Crippen LogP contribution in [0.1, 0.15) is 6.42 Å². The summed E-state index contributed by atoms with van der Waals surface area (Å²) >= 11 is 0. The van der Waals surface area contributed by atoms with Crippen molar-refractivity contribution in [2.75, 3.05) is 31.5 Å². The zero-order valence-electron chi connectivity index (χ0n) is 9.97. The van der Waals surface area contributed by atoms with E-state index in [1.54, 1.807) is 25.3 Å². The van der Waals surface area contributed by atoms with E-state index in [0.29, 0.717) is 30.2 Å². The van der Waals surface area contributed by atoms with Gasteiger partial charge in [0.1, 0.15) is 21.3 Å². The van der Waals surface area contributed by atoms with E-state index in [1.165, 1.54) is 6.26 Å². The number of nitrogens with two attached hydrogens (primary N) is 1. The van der Waals surface area contributed by atoms with Crippen LogP contribution in [-0.4, -0.2) is 34.1 Å². The molecule has 0 amide bonds. The average molecular weight is 259 g/mol. The van der Waals surface area contributed by atoms with Crippen LogP contribution in [0.2, 0.25) is 0 Å². The average Bonchev–Trinajstić information content (AvgIpc) is 2.23. The minimum atomic E-state index is -2.92. The standard InChI is InChI=1S/C11H17NO4S/c1-15-11-5-4-9(8-10(11)12)16-6-3-7-17(2,13)14/h4-5,8H,3,6-7,12H2,1-2H3. The highest BCUT2D eigenvalue weighted by molar-refractivity contribution is 7.90. The van der Waals surface area contributed by atoms with Gasteiger partial charge in [0.15, 0.2) is 0 Å². The molecule has 0 aliphatic carbocycles. The highest BCUT2D eigenvalue weighted by Gasteiger charge is 2.03. The van der Waals surface area contributed by atoms with Crippen LogP contribution in [0.25, 0.3) is 0 Å². The van der Waals surface area contributed by atoms with E-state index in [4.69, 9.17) is 15.2 Å². The molecule has 0 fully saturated rings. The summed E-state index contributed by atoms with van der Waals surface area (Å²) in [7, 11) is -1.38. The molecule has 0 heterocycles. The molecular weight excluding hydrogens is 242 g/mol. The van der Waals surface area contributed by atoms with E-state index in [9.17, 15) is 8.42 Å². The molecule has 0 saturated carbocycles. The molecule has 1 rings (SSSR count). The van der Waals surface area contributed by atoms with Crippen molar-refractivity contribution in [3.05, 3.63) is 18.2 Å². The Bertz CT molecular complexity index is 470. The van der Waals surface area contributed by atoms with Gasteiger partial charge < -0.3 is 15.2 Å². The number of sulfone groups is 1. The zero-order valence-corrected chi connectivity index (χ0v) is 10.8. The van der Waals surface area contributed by atoms with Crippen molar-refractivity contribution in [2.45, 2.75) is 6.42 Å². The van der Waals surface area contributed by atoms with E-state index < -0.39 is 9.84 Å². The number of hydrogen-bond donors (Lipinski definition) is 1. The predicted molar refractivity (Wildman–Crippen MR) is 67.2 cm³/mol. The van der Waals surface area contributed by atoms with E-state index in [2.05, 4.69) is 0 Å². The Morgan fingerprint density at radius 2 is 2.06 bits per heavy atom. The Morgan fingerprint density at radius 3 is 2.59 bits per heavy atom. The number of hydrogen-bond acceptors (Lipinski definition) is 5. The summed E-state index contributed by atoms with van der Waals surface area (Å²) in [6, 6.07) is 5.09. The lowest BCUT2D eigenvalue weighted by atomic mass is 10.3. The first kappa shape index (κ1) is 13.6. The van der Waals surface area contributed by atoms with Crippen molar-refractivity contribution in [3.8, 4) is 11.5 Å². The predicted octanol–water partition coefficient (Wildman–Crippen LogP) is 1.09. The zero-order chi connectivity index (χ0) is 12.9. The van der Waals surface area contributed by atoms with Gasteiger partial charge in [-0.2, -0.15) is 0 Å². The van der Waals surface area contributed by atoms with Gasteiger partial charge in [0.2, 0.25) is 0 Å². The first-order valence-corrected chi connectivity index (χ1v) is 7.22. The lowest BCUT2D eigenvalue weighted by Crippen LogP contribution is -2.08. The molecule has 1 aromatic rings.